The SMILES string of the molecule is CC(C)(C)OC(=O)N[C@@H]1C(=O)NC[C@]1(C)O. The van der Waals surface area contributed by atoms with Crippen molar-refractivity contribution < 1.29 is 19.4 Å². The van der Waals surface area contributed by atoms with Gasteiger partial charge in [-0.25, -0.2) is 4.79 Å². The summed E-state index contributed by atoms with van der Waals surface area (Å²) in [5.74, 6) is -0.407. The molecule has 0 radical (unpaired) electrons. The molecule has 0 aromatic heterocycles. The third kappa shape index (κ3) is 3.10. The lowest BCUT2D eigenvalue weighted by molar-refractivity contribution is -0.122. The van der Waals surface area contributed by atoms with E-state index >= 15 is 0 Å². The molecule has 0 bridgehead atoms. The molecule has 0 spiro atoms. The van der Waals surface area contributed by atoms with Crippen LogP contribution in [0.4, 0.5) is 4.79 Å². The van der Waals surface area contributed by atoms with Gasteiger partial charge in [0.2, 0.25) is 5.91 Å². The summed E-state index contributed by atoms with van der Waals surface area (Å²) in [6, 6.07) is -0.970. The number of amides is 2. The Labute approximate surface area is 94.3 Å². The van der Waals surface area contributed by atoms with E-state index in [1.807, 2.05) is 0 Å². The zero-order chi connectivity index (χ0) is 12.6. The molecule has 6 nitrogen and oxygen atoms in total. The maximum absolute atomic E-state index is 11.4. The summed E-state index contributed by atoms with van der Waals surface area (Å²) in [5.41, 5.74) is -1.92. The lowest BCUT2D eigenvalue weighted by atomic mass is 10.0. The molecule has 0 unspecified atom stereocenters. The topological polar surface area (TPSA) is 87.7 Å². The molecule has 0 saturated carbocycles. The van der Waals surface area contributed by atoms with Gasteiger partial charge in [0.1, 0.15) is 17.2 Å². The highest BCUT2D eigenvalue weighted by molar-refractivity contribution is 5.89. The van der Waals surface area contributed by atoms with E-state index in [2.05, 4.69) is 10.6 Å². The molecule has 1 aliphatic heterocycles. The Morgan fingerprint density at radius 2 is 2.19 bits per heavy atom. The first-order valence-electron chi connectivity index (χ1n) is 5.11. The van der Waals surface area contributed by atoms with Gasteiger partial charge >= 0.3 is 6.09 Å². The zero-order valence-electron chi connectivity index (χ0n) is 9.96. The summed E-state index contributed by atoms with van der Waals surface area (Å²) in [4.78, 5) is 22.8. The summed E-state index contributed by atoms with van der Waals surface area (Å²) in [5, 5.41) is 14.6. The molecule has 1 saturated heterocycles. The van der Waals surface area contributed by atoms with Crippen molar-refractivity contribution in [3.63, 3.8) is 0 Å². The highest BCUT2D eigenvalue weighted by Gasteiger charge is 2.44. The van der Waals surface area contributed by atoms with Crippen molar-refractivity contribution in [2.24, 2.45) is 0 Å². The maximum Gasteiger partial charge on any atom is 0.408 e. The second-order valence-corrected chi connectivity index (χ2v) is 5.15. The van der Waals surface area contributed by atoms with Gasteiger partial charge in [0, 0.05) is 6.54 Å². The molecule has 0 aliphatic carbocycles. The molecule has 2 amide bonds. The molecule has 6 heteroatoms. The molecular weight excluding hydrogens is 212 g/mol. The summed E-state index contributed by atoms with van der Waals surface area (Å²) in [6.45, 7) is 6.76. The molecule has 0 aromatic carbocycles. The number of carbonyl (C=O) groups excluding carboxylic acids is 2. The predicted octanol–water partition coefficient (Wildman–Crippen LogP) is -0.240. The predicted molar refractivity (Wildman–Crippen MR) is 56.8 cm³/mol. The number of aliphatic hydroxyl groups is 1. The van der Waals surface area contributed by atoms with Crippen LogP contribution in [0.15, 0.2) is 0 Å². The van der Waals surface area contributed by atoms with Crippen LogP contribution >= 0.6 is 0 Å². The molecular formula is C10H18N2O4. The summed E-state index contributed by atoms with van der Waals surface area (Å²) < 4.78 is 5.00. The van der Waals surface area contributed by atoms with Crippen molar-refractivity contribution in [3.05, 3.63) is 0 Å². The lowest BCUT2D eigenvalue weighted by Crippen LogP contribution is -2.52. The molecule has 3 N–H and O–H groups in total. The molecule has 92 valence electrons. The Hall–Kier alpha value is -1.30. The number of hydrogen-bond donors (Lipinski definition) is 3. The third-order valence-corrected chi connectivity index (χ3v) is 2.17. The Balaban J connectivity index is 2.60. The fraction of sp³-hybridized carbons (Fsp3) is 0.800. The van der Waals surface area contributed by atoms with Gasteiger partial charge < -0.3 is 20.5 Å². The van der Waals surface area contributed by atoms with Crippen LogP contribution in [-0.2, 0) is 9.53 Å². The number of hydrogen-bond acceptors (Lipinski definition) is 4. The van der Waals surface area contributed by atoms with Crippen LogP contribution in [0, 0.1) is 0 Å². The largest absolute Gasteiger partial charge is 0.444 e. The zero-order valence-corrected chi connectivity index (χ0v) is 9.96. The third-order valence-electron chi connectivity index (χ3n) is 2.17. The van der Waals surface area contributed by atoms with E-state index in [0.29, 0.717) is 0 Å². The molecule has 16 heavy (non-hydrogen) atoms. The Morgan fingerprint density at radius 3 is 2.56 bits per heavy atom. The van der Waals surface area contributed by atoms with Crippen LogP contribution < -0.4 is 10.6 Å². The first kappa shape index (κ1) is 12.8. The molecule has 1 aliphatic rings. The minimum atomic E-state index is -1.28. The van der Waals surface area contributed by atoms with E-state index in [4.69, 9.17) is 4.74 Å². The number of ether oxygens (including phenoxy) is 1. The highest BCUT2D eigenvalue weighted by Crippen LogP contribution is 2.16. The monoisotopic (exact) mass is 230 g/mol. The van der Waals surface area contributed by atoms with Crippen LogP contribution in [0.1, 0.15) is 27.7 Å². The Morgan fingerprint density at radius 1 is 1.62 bits per heavy atom. The van der Waals surface area contributed by atoms with E-state index in [-0.39, 0.29) is 6.54 Å². The van der Waals surface area contributed by atoms with E-state index in [1.54, 1.807) is 20.8 Å². The molecule has 1 fully saturated rings. The summed E-state index contributed by atoms with van der Waals surface area (Å²) in [7, 11) is 0. The van der Waals surface area contributed by atoms with Crippen LogP contribution in [0.5, 0.6) is 0 Å². The number of carbonyl (C=O) groups is 2. The van der Waals surface area contributed by atoms with Crippen molar-refractivity contribution in [2.45, 2.75) is 44.9 Å². The van der Waals surface area contributed by atoms with Crippen LogP contribution in [-0.4, -0.2) is 40.9 Å². The van der Waals surface area contributed by atoms with E-state index in [9.17, 15) is 14.7 Å². The Bertz CT molecular complexity index is 306. The first-order chi connectivity index (χ1) is 7.12. The van der Waals surface area contributed by atoms with Crippen molar-refractivity contribution >= 4 is 12.0 Å². The van der Waals surface area contributed by atoms with Gasteiger partial charge in [0.15, 0.2) is 0 Å². The first-order valence-corrected chi connectivity index (χ1v) is 5.11. The summed E-state index contributed by atoms with van der Waals surface area (Å²) >= 11 is 0. The minimum Gasteiger partial charge on any atom is -0.444 e. The van der Waals surface area contributed by atoms with Gasteiger partial charge in [0.05, 0.1) is 0 Å². The van der Waals surface area contributed by atoms with Crippen LogP contribution in [0.3, 0.4) is 0 Å². The fourth-order valence-electron chi connectivity index (χ4n) is 1.40. The highest BCUT2D eigenvalue weighted by atomic mass is 16.6. The van der Waals surface area contributed by atoms with Crippen LogP contribution in [0.2, 0.25) is 0 Å². The second kappa shape index (κ2) is 3.93. The van der Waals surface area contributed by atoms with Crippen molar-refractivity contribution in [1.82, 2.24) is 10.6 Å². The normalized spacial score (nSPS) is 29.8. The minimum absolute atomic E-state index is 0.117. The van der Waals surface area contributed by atoms with E-state index < -0.39 is 29.2 Å². The van der Waals surface area contributed by atoms with Gasteiger partial charge in [-0.2, -0.15) is 0 Å². The van der Waals surface area contributed by atoms with Crippen molar-refractivity contribution in [1.29, 1.82) is 0 Å². The lowest BCUT2D eigenvalue weighted by Gasteiger charge is -2.25. The quantitative estimate of drug-likeness (QED) is 0.580. The average Bonchev–Trinajstić information content (AvgIpc) is 2.28. The van der Waals surface area contributed by atoms with E-state index in [0.717, 1.165) is 0 Å². The van der Waals surface area contributed by atoms with Gasteiger partial charge in [-0.1, -0.05) is 0 Å². The number of rotatable bonds is 1. The number of β-amino-alcohol motifs (C(OH)–C–C–N with tert-alkyl or cyclic N) is 1. The van der Waals surface area contributed by atoms with Gasteiger partial charge in [-0.3, -0.25) is 4.79 Å². The smallest absolute Gasteiger partial charge is 0.408 e. The Kier molecular flexibility index (Phi) is 3.14. The number of nitrogens with one attached hydrogen (secondary N) is 2. The van der Waals surface area contributed by atoms with Crippen LogP contribution in [0.25, 0.3) is 0 Å². The maximum atomic E-state index is 11.4. The molecule has 1 rings (SSSR count). The van der Waals surface area contributed by atoms with E-state index in [1.165, 1.54) is 6.92 Å². The van der Waals surface area contributed by atoms with Crippen molar-refractivity contribution in [2.75, 3.05) is 6.54 Å². The van der Waals surface area contributed by atoms with Gasteiger partial charge in [-0.05, 0) is 27.7 Å². The summed E-state index contributed by atoms with van der Waals surface area (Å²) in [6.07, 6.45) is -0.713. The second-order valence-electron chi connectivity index (χ2n) is 5.15. The average molecular weight is 230 g/mol. The molecule has 2 atom stereocenters. The van der Waals surface area contributed by atoms with Gasteiger partial charge in [0.25, 0.3) is 0 Å². The molecule has 1 heterocycles. The van der Waals surface area contributed by atoms with Crippen molar-refractivity contribution in [3.8, 4) is 0 Å². The molecule has 0 aromatic rings. The fourth-order valence-corrected chi connectivity index (χ4v) is 1.40. The standard InChI is InChI=1S/C10H18N2O4/c1-9(2,3)16-8(14)12-6-7(13)11-5-10(6,4)15/h6,15H,5H2,1-4H3,(H,11,13)(H,12,14)/t6-,10+/m1/s1. The number of alkyl carbamates (subject to hydrolysis) is 1. The van der Waals surface area contributed by atoms with Gasteiger partial charge in [-0.15, -0.1) is 0 Å².